The van der Waals surface area contributed by atoms with E-state index in [4.69, 9.17) is 9.47 Å². The number of rotatable bonds is 5. The number of imidazole rings is 1. The highest BCUT2D eigenvalue weighted by Crippen LogP contribution is 2.28. The number of aromatic nitrogens is 2. The Hall–Kier alpha value is -3.26. The van der Waals surface area contributed by atoms with Gasteiger partial charge in [0.2, 0.25) is 0 Å². The third kappa shape index (κ3) is 3.50. The number of nitriles is 1. The van der Waals surface area contributed by atoms with E-state index >= 15 is 0 Å². The van der Waals surface area contributed by atoms with Gasteiger partial charge >= 0.3 is 0 Å². The molecule has 0 radical (unpaired) electrons. The van der Waals surface area contributed by atoms with E-state index < -0.39 is 0 Å². The van der Waals surface area contributed by atoms with Crippen molar-refractivity contribution in [1.82, 2.24) is 9.55 Å². The number of hydrogen-bond donors (Lipinski definition) is 0. The van der Waals surface area contributed by atoms with Crippen LogP contribution in [0.15, 0.2) is 61.2 Å². The third-order valence-electron chi connectivity index (χ3n) is 3.38. The number of benzene rings is 2. The molecule has 0 aliphatic rings. The Morgan fingerprint density at radius 3 is 2.57 bits per heavy atom. The first-order valence-electron chi connectivity index (χ1n) is 7.09. The molecule has 23 heavy (non-hydrogen) atoms. The van der Waals surface area contributed by atoms with Gasteiger partial charge in [0.15, 0.2) is 0 Å². The van der Waals surface area contributed by atoms with Crippen LogP contribution in [0.25, 0.3) is 0 Å². The topological polar surface area (TPSA) is 60.1 Å². The van der Waals surface area contributed by atoms with Crippen LogP contribution in [-0.2, 0) is 6.54 Å². The van der Waals surface area contributed by atoms with Crippen LogP contribution in [0.4, 0.5) is 0 Å². The maximum atomic E-state index is 9.26. The zero-order valence-corrected chi connectivity index (χ0v) is 12.6. The van der Waals surface area contributed by atoms with Crippen molar-refractivity contribution < 1.29 is 9.47 Å². The minimum absolute atomic E-state index is 0.496. The fourth-order valence-corrected chi connectivity index (χ4v) is 2.20. The molecule has 3 aromatic rings. The Morgan fingerprint density at radius 1 is 1.13 bits per heavy atom. The van der Waals surface area contributed by atoms with Crippen LogP contribution in [0.2, 0.25) is 0 Å². The molecule has 0 N–H and O–H groups in total. The Balaban J connectivity index is 1.85. The van der Waals surface area contributed by atoms with Crippen LogP contribution in [0.1, 0.15) is 11.1 Å². The van der Waals surface area contributed by atoms with Crippen molar-refractivity contribution in [3.05, 3.63) is 72.3 Å². The van der Waals surface area contributed by atoms with Crippen molar-refractivity contribution in [1.29, 1.82) is 5.26 Å². The van der Waals surface area contributed by atoms with Gasteiger partial charge in [0, 0.05) is 18.9 Å². The largest absolute Gasteiger partial charge is 0.497 e. The molecule has 114 valence electrons. The molecule has 5 heteroatoms. The van der Waals surface area contributed by atoms with E-state index in [0.29, 0.717) is 23.6 Å². The van der Waals surface area contributed by atoms with Gasteiger partial charge in [-0.3, -0.25) is 0 Å². The molecule has 0 saturated heterocycles. The van der Waals surface area contributed by atoms with E-state index in [1.807, 2.05) is 47.2 Å². The molecular weight excluding hydrogens is 290 g/mol. The average Bonchev–Trinajstić information content (AvgIpc) is 3.09. The SMILES string of the molecule is COc1ccc(Oc2cc(Cn3ccnc3)ccc2C#N)cc1. The van der Waals surface area contributed by atoms with Crippen LogP contribution in [0, 0.1) is 11.3 Å². The highest BCUT2D eigenvalue weighted by Gasteiger charge is 2.07. The summed E-state index contributed by atoms with van der Waals surface area (Å²) in [5.74, 6) is 1.95. The van der Waals surface area contributed by atoms with Crippen LogP contribution < -0.4 is 9.47 Å². The minimum Gasteiger partial charge on any atom is -0.497 e. The Kier molecular flexibility index (Phi) is 4.25. The van der Waals surface area contributed by atoms with Gasteiger partial charge in [-0.1, -0.05) is 6.07 Å². The summed E-state index contributed by atoms with van der Waals surface area (Å²) in [7, 11) is 1.61. The number of ether oxygens (including phenoxy) is 2. The Morgan fingerprint density at radius 2 is 1.91 bits per heavy atom. The van der Waals surface area contributed by atoms with Crippen molar-refractivity contribution in [2.75, 3.05) is 7.11 Å². The molecule has 0 spiro atoms. The minimum atomic E-state index is 0.496. The predicted molar refractivity (Wildman–Crippen MR) is 85.6 cm³/mol. The lowest BCUT2D eigenvalue weighted by atomic mass is 10.1. The number of nitrogens with zero attached hydrogens (tertiary/aromatic N) is 3. The molecule has 0 aliphatic carbocycles. The van der Waals surface area contributed by atoms with Crippen LogP contribution in [-0.4, -0.2) is 16.7 Å². The molecule has 0 amide bonds. The van der Waals surface area contributed by atoms with Crippen molar-refractivity contribution in [2.45, 2.75) is 6.54 Å². The van der Waals surface area contributed by atoms with Gasteiger partial charge < -0.3 is 14.0 Å². The molecule has 1 aromatic heterocycles. The zero-order chi connectivity index (χ0) is 16.1. The highest BCUT2D eigenvalue weighted by molar-refractivity contribution is 5.48. The van der Waals surface area contributed by atoms with E-state index in [9.17, 15) is 5.26 Å². The van der Waals surface area contributed by atoms with Gasteiger partial charge in [0.1, 0.15) is 23.3 Å². The fourth-order valence-electron chi connectivity index (χ4n) is 2.20. The lowest BCUT2D eigenvalue weighted by Crippen LogP contribution is -1.98. The lowest BCUT2D eigenvalue weighted by molar-refractivity contribution is 0.412. The van der Waals surface area contributed by atoms with Crippen LogP contribution >= 0.6 is 0 Å². The van der Waals surface area contributed by atoms with E-state index in [-0.39, 0.29) is 0 Å². The lowest BCUT2D eigenvalue weighted by Gasteiger charge is -2.10. The van der Waals surface area contributed by atoms with Gasteiger partial charge in [-0.2, -0.15) is 5.26 Å². The van der Waals surface area contributed by atoms with Crippen LogP contribution in [0.3, 0.4) is 0 Å². The normalized spacial score (nSPS) is 10.1. The summed E-state index contributed by atoms with van der Waals surface area (Å²) in [6.45, 7) is 0.671. The van der Waals surface area contributed by atoms with E-state index in [0.717, 1.165) is 11.3 Å². The summed E-state index contributed by atoms with van der Waals surface area (Å²) in [4.78, 5) is 4.03. The molecule has 5 nitrogen and oxygen atoms in total. The summed E-state index contributed by atoms with van der Waals surface area (Å²) < 4.78 is 12.9. The second kappa shape index (κ2) is 6.67. The monoisotopic (exact) mass is 305 g/mol. The summed E-state index contributed by atoms with van der Waals surface area (Å²) in [5.41, 5.74) is 1.53. The molecule has 0 saturated carbocycles. The van der Waals surface area contributed by atoms with Gasteiger partial charge in [-0.05, 0) is 42.0 Å². The van der Waals surface area contributed by atoms with Gasteiger partial charge in [0.05, 0.1) is 19.0 Å². The molecule has 0 atom stereocenters. The molecule has 0 unspecified atom stereocenters. The molecular formula is C18H15N3O2. The van der Waals surface area contributed by atoms with Crippen molar-refractivity contribution in [3.8, 4) is 23.3 Å². The Labute approximate surface area is 134 Å². The molecule has 0 fully saturated rings. The Bertz CT molecular complexity index is 818. The number of methoxy groups -OCH3 is 1. The van der Waals surface area contributed by atoms with Crippen LogP contribution in [0.5, 0.6) is 17.2 Å². The summed E-state index contributed by atoms with van der Waals surface area (Å²) in [5, 5.41) is 9.26. The first-order valence-corrected chi connectivity index (χ1v) is 7.09. The van der Waals surface area contributed by atoms with Gasteiger partial charge in [-0.25, -0.2) is 4.98 Å². The molecule has 2 aromatic carbocycles. The van der Waals surface area contributed by atoms with Crippen molar-refractivity contribution in [3.63, 3.8) is 0 Å². The molecule has 0 aliphatic heterocycles. The quantitative estimate of drug-likeness (QED) is 0.722. The average molecular weight is 305 g/mol. The van der Waals surface area contributed by atoms with Crippen molar-refractivity contribution >= 4 is 0 Å². The van der Waals surface area contributed by atoms with E-state index in [1.54, 1.807) is 25.7 Å². The van der Waals surface area contributed by atoms with Gasteiger partial charge in [0.25, 0.3) is 0 Å². The maximum absolute atomic E-state index is 9.26. The predicted octanol–water partition coefficient (Wildman–Crippen LogP) is 3.60. The van der Waals surface area contributed by atoms with Crippen molar-refractivity contribution in [2.24, 2.45) is 0 Å². The first kappa shape index (κ1) is 14.7. The third-order valence-corrected chi connectivity index (χ3v) is 3.38. The zero-order valence-electron chi connectivity index (χ0n) is 12.6. The van der Waals surface area contributed by atoms with Gasteiger partial charge in [-0.15, -0.1) is 0 Å². The summed E-state index contributed by atoms with van der Waals surface area (Å²) in [6, 6.07) is 15.0. The smallest absolute Gasteiger partial charge is 0.145 e. The second-order valence-corrected chi connectivity index (χ2v) is 4.95. The summed E-state index contributed by atoms with van der Waals surface area (Å²) >= 11 is 0. The molecule has 1 heterocycles. The van der Waals surface area contributed by atoms with E-state index in [2.05, 4.69) is 11.1 Å². The van der Waals surface area contributed by atoms with E-state index in [1.165, 1.54) is 0 Å². The number of hydrogen-bond acceptors (Lipinski definition) is 4. The molecule has 3 rings (SSSR count). The summed E-state index contributed by atoms with van der Waals surface area (Å²) in [6.07, 6.45) is 5.38. The standard InChI is InChI=1S/C18H15N3O2/c1-22-16-4-6-17(7-5-16)23-18-10-14(2-3-15(18)11-19)12-21-9-8-20-13-21/h2-10,13H,12H2,1H3. The maximum Gasteiger partial charge on any atom is 0.145 e. The molecule has 0 bridgehead atoms. The fraction of sp³-hybridized carbons (Fsp3) is 0.111. The second-order valence-electron chi connectivity index (χ2n) is 4.95. The first-order chi connectivity index (χ1) is 11.3. The highest BCUT2D eigenvalue weighted by atomic mass is 16.5.